The van der Waals surface area contributed by atoms with Crippen LogP contribution >= 0.6 is 11.6 Å². The van der Waals surface area contributed by atoms with E-state index in [1.54, 1.807) is 12.4 Å². The molecule has 2 N–H and O–H groups in total. The number of nitrogens with one attached hydrogen (secondary N) is 1. The zero-order valence-corrected chi connectivity index (χ0v) is 9.95. The Balaban J connectivity index is 1.89. The number of aliphatic hydroxyl groups is 1. The molecule has 88 valence electrons. The average Bonchev–Trinajstić information content (AvgIpc) is 2.30. The van der Waals surface area contributed by atoms with Gasteiger partial charge in [-0.1, -0.05) is 24.4 Å². The molecule has 1 aromatic rings. The van der Waals surface area contributed by atoms with Crippen LogP contribution in [0.3, 0.4) is 0 Å². The Morgan fingerprint density at radius 2 is 2.25 bits per heavy atom. The van der Waals surface area contributed by atoms with Crippen LogP contribution in [-0.2, 0) is 6.54 Å². The molecular formula is C12H17ClN2O. The van der Waals surface area contributed by atoms with Crippen LogP contribution in [0.2, 0.25) is 5.02 Å². The van der Waals surface area contributed by atoms with Crippen molar-refractivity contribution >= 4 is 11.6 Å². The second-order valence-electron chi connectivity index (χ2n) is 4.31. The van der Waals surface area contributed by atoms with Gasteiger partial charge in [0.15, 0.2) is 0 Å². The third kappa shape index (κ3) is 2.94. The van der Waals surface area contributed by atoms with E-state index in [9.17, 15) is 5.11 Å². The quantitative estimate of drug-likeness (QED) is 0.851. The van der Waals surface area contributed by atoms with Crippen LogP contribution in [0.1, 0.15) is 31.2 Å². The Bertz CT molecular complexity index is 346. The molecule has 0 saturated heterocycles. The highest BCUT2D eigenvalue weighted by molar-refractivity contribution is 6.31. The number of aliphatic hydroxyl groups excluding tert-OH is 1. The molecule has 4 heteroatoms. The van der Waals surface area contributed by atoms with Gasteiger partial charge < -0.3 is 10.4 Å². The predicted molar refractivity (Wildman–Crippen MR) is 64.3 cm³/mol. The molecular weight excluding hydrogens is 224 g/mol. The number of pyridine rings is 1. The van der Waals surface area contributed by atoms with Crippen molar-refractivity contribution in [2.45, 2.75) is 44.4 Å². The average molecular weight is 241 g/mol. The van der Waals surface area contributed by atoms with Crippen molar-refractivity contribution in [2.75, 3.05) is 0 Å². The monoisotopic (exact) mass is 240 g/mol. The Morgan fingerprint density at radius 3 is 3.00 bits per heavy atom. The third-order valence-electron chi connectivity index (χ3n) is 3.14. The van der Waals surface area contributed by atoms with Crippen LogP contribution in [0.4, 0.5) is 0 Å². The minimum absolute atomic E-state index is 0.206. The predicted octanol–water partition coefficient (Wildman–Crippen LogP) is 2.13. The smallest absolute Gasteiger partial charge is 0.0693 e. The zero-order valence-electron chi connectivity index (χ0n) is 9.19. The van der Waals surface area contributed by atoms with E-state index in [0.29, 0.717) is 11.6 Å². The van der Waals surface area contributed by atoms with Gasteiger partial charge in [0.05, 0.1) is 11.1 Å². The summed E-state index contributed by atoms with van der Waals surface area (Å²) in [6.45, 7) is 0.698. The molecule has 0 radical (unpaired) electrons. The van der Waals surface area contributed by atoms with Crippen LogP contribution in [0.25, 0.3) is 0 Å². The van der Waals surface area contributed by atoms with E-state index in [4.69, 9.17) is 11.6 Å². The minimum Gasteiger partial charge on any atom is -0.392 e. The molecule has 0 amide bonds. The van der Waals surface area contributed by atoms with Crippen molar-refractivity contribution in [1.82, 2.24) is 10.3 Å². The topological polar surface area (TPSA) is 45.1 Å². The summed E-state index contributed by atoms with van der Waals surface area (Å²) in [4.78, 5) is 3.95. The van der Waals surface area contributed by atoms with Crippen LogP contribution in [-0.4, -0.2) is 22.2 Å². The van der Waals surface area contributed by atoms with Gasteiger partial charge in [-0.05, 0) is 24.5 Å². The Hall–Kier alpha value is -0.640. The van der Waals surface area contributed by atoms with E-state index in [1.165, 1.54) is 6.42 Å². The van der Waals surface area contributed by atoms with E-state index < -0.39 is 0 Å². The molecule has 0 unspecified atom stereocenters. The maximum absolute atomic E-state index is 9.81. The number of rotatable bonds is 3. The first-order chi connectivity index (χ1) is 7.77. The second kappa shape index (κ2) is 5.62. The third-order valence-corrected chi connectivity index (χ3v) is 3.48. The van der Waals surface area contributed by atoms with E-state index in [1.807, 2.05) is 6.07 Å². The normalized spacial score (nSPS) is 25.6. The fraction of sp³-hybridized carbons (Fsp3) is 0.583. The molecule has 0 aliphatic heterocycles. The highest BCUT2D eigenvalue weighted by Crippen LogP contribution is 2.19. The SMILES string of the molecule is O[C@H]1CCCC[C@@H]1NCc1ccncc1Cl. The molecule has 0 spiro atoms. The van der Waals surface area contributed by atoms with Gasteiger partial charge in [0, 0.05) is 25.0 Å². The fourth-order valence-electron chi connectivity index (χ4n) is 2.14. The molecule has 1 fully saturated rings. The van der Waals surface area contributed by atoms with Gasteiger partial charge >= 0.3 is 0 Å². The van der Waals surface area contributed by atoms with Gasteiger partial charge in [0.2, 0.25) is 0 Å². The lowest BCUT2D eigenvalue weighted by molar-refractivity contribution is 0.0902. The number of hydrogen-bond donors (Lipinski definition) is 2. The number of halogens is 1. The van der Waals surface area contributed by atoms with Crippen molar-refractivity contribution < 1.29 is 5.11 Å². The van der Waals surface area contributed by atoms with Gasteiger partial charge in [0.25, 0.3) is 0 Å². The van der Waals surface area contributed by atoms with Gasteiger partial charge in [-0.3, -0.25) is 4.98 Å². The zero-order chi connectivity index (χ0) is 11.4. The summed E-state index contributed by atoms with van der Waals surface area (Å²) in [5.74, 6) is 0. The summed E-state index contributed by atoms with van der Waals surface area (Å²) >= 11 is 6.01. The first kappa shape index (κ1) is 11.8. The molecule has 2 atom stereocenters. The first-order valence-electron chi connectivity index (χ1n) is 5.77. The summed E-state index contributed by atoms with van der Waals surface area (Å²) in [6.07, 6.45) is 7.45. The minimum atomic E-state index is -0.214. The largest absolute Gasteiger partial charge is 0.392 e. The summed E-state index contributed by atoms with van der Waals surface area (Å²) in [6, 6.07) is 2.11. The van der Waals surface area contributed by atoms with E-state index in [2.05, 4.69) is 10.3 Å². The fourth-order valence-corrected chi connectivity index (χ4v) is 2.32. The van der Waals surface area contributed by atoms with Gasteiger partial charge in [-0.15, -0.1) is 0 Å². The highest BCUT2D eigenvalue weighted by Gasteiger charge is 2.22. The van der Waals surface area contributed by atoms with E-state index in [0.717, 1.165) is 24.8 Å². The van der Waals surface area contributed by atoms with Crippen LogP contribution < -0.4 is 5.32 Å². The lowest BCUT2D eigenvalue weighted by Gasteiger charge is -2.28. The summed E-state index contributed by atoms with van der Waals surface area (Å²) in [7, 11) is 0. The number of nitrogens with zero attached hydrogens (tertiary/aromatic N) is 1. The van der Waals surface area contributed by atoms with Crippen molar-refractivity contribution in [2.24, 2.45) is 0 Å². The Labute approximate surface area is 101 Å². The standard InChI is InChI=1S/C12H17ClN2O/c13-10-8-14-6-5-9(10)7-15-11-3-1-2-4-12(11)16/h5-6,8,11-12,15-16H,1-4,7H2/t11-,12-/m0/s1. The summed E-state index contributed by atoms with van der Waals surface area (Å²) in [5.41, 5.74) is 1.04. The van der Waals surface area contributed by atoms with Crippen LogP contribution in [0.15, 0.2) is 18.5 Å². The van der Waals surface area contributed by atoms with Gasteiger partial charge in [-0.2, -0.15) is 0 Å². The Morgan fingerprint density at radius 1 is 1.44 bits per heavy atom. The molecule has 3 nitrogen and oxygen atoms in total. The molecule has 1 aromatic heterocycles. The van der Waals surface area contributed by atoms with Crippen molar-refractivity contribution in [3.8, 4) is 0 Å². The number of hydrogen-bond acceptors (Lipinski definition) is 3. The molecule has 1 heterocycles. The molecule has 0 bridgehead atoms. The lowest BCUT2D eigenvalue weighted by atomic mass is 9.92. The van der Waals surface area contributed by atoms with Gasteiger partial charge in [-0.25, -0.2) is 0 Å². The van der Waals surface area contributed by atoms with Crippen molar-refractivity contribution in [1.29, 1.82) is 0 Å². The summed E-state index contributed by atoms with van der Waals surface area (Å²) < 4.78 is 0. The molecule has 16 heavy (non-hydrogen) atoms. The number of aromatic nitrogens is 1. The molecule has 1 saturated carbocycles. The van der Waals surface area contributed by atoms with Crippen molar-refractivity contribution in [3.63, 3.8) is 0 Å². The highest BCUT2D eigenvalue weighted by atomic mass is 35.5. The van der Waals surface area contributed by atoms with Crippen LogP contribution in [0.5, 0.6) is 0 Å². The second-order valence-corrected chi connectivity index (χ2v) is 4.71. The summed E-state index contributed by atoms with van der Waals surface area (Å²) in [5, 5.41) is 13.9. The molecule has 1 aliphatic carbocycles. The molecule has 2 rings (SSSR count). The van der Waals surface area contributed by atoms with Gasteiger partial charge in [0.1, 0.15) is 0 Å². The maximum atomic E-state index is 9.81. The first-order valence-corrected chi connectivity index (χ1v) is 6.15. The van der Waals surface area contributed by atoms with E-state index in [-0.39, 0.29) is 12.1 Å². The maximum Gasteiger partial charge on any atom is 0.0693 e. The van der Waals surface area contributed by atoms with Crippen LogP contribution in [0, 0.1) is 0 Å². The van der Waals surface area contributed by atoms with Crippen molar-refractivity contribution in [3.05, 3.63) is 29.0 Å². The molecule has 1 aliphatic rings. The van der Waals surface area contributed by atoms with E-state index >= 15 is 0 Å². The Kier molecular flexibility index (Phi) is 4.16. The lowest BCUT2D eigenvalue weighted by Crippen LogP contribution is -2.41. The molecule has 0 aromatic carbocycles.